The van der Waals surface area contributed by atoms with Crippen molar-refractivity contribution in [2.24, 2.45) is 0 Å². The number of aromatic nitrogens is 2. The standard InChI is InChI=1S/C11H19N3O2S3/c1-4-11(12-2,8(15)16)6-5-7-18-10-14-13-9(17-3)19-10/h12H,4-7H2,1-3H3,(H,15,16). The van der Waals surface area contributed by atoms with Crippen LogP contribution in [0.15, 0.2) is 8.68 Å². The maximum Gasteiger partial charge on any atom is 0.323 e. The highest BCUT2D eigenvalue weighted by Crippen LogP contribution is 2.28. The van der Waals surface area contributed by atoms with Crippen LogP contribution in [0.3, 0.4) is 0 Å². The Hall–Kier alpha value is -0.310. The Balaban J connectivity index is 2.38. The minimum atomic E-state index is -0.799. The normalized spacial score (nSPS) is 14.3. The number of rotatable bonds is 9. The Morgan fingerprint density at radius 3 is 2.63 bits per heavy atom. The number of hydrogen-bond acceptors (Lipinski definition) is 7. The molecule has 0 aliphatic heterocycles. The highest BCUT2D eigenvalue weighted by Gasteiger charge is 2.33. The van der Waals surface area contributed by atoms with Gasteiger partial charge in [0.1, 0.15) is 5.54 Å². The van der Waals surface area contributed by atoms with Gasteiger partial charge in [-0.25, -0.2) is 0 Å². The monoisotopic (exact) mass is 321 g/mol. The molecular weight excluding hydrogens is 302 g/mol. The van der Waals surface area contributed by atoms with Gasteiger partial charge in [0.05, 0.1) is 0 Å². The summed E-state index contributed by atoms with van der Waals surface area (Å²) in [6.07, 6.45) is 4.01. The minimum Gasteiger partial charge on any atom is -0.480 e. The van der Waals surface area contributed by atoms with Crippen LogP contribution in [0.1, 0.15) is 26.2 Å². The first kappa shape index (κ1) is 16.7. The molecule has 0 saturated heterocycles. The fraction of sp³-hybridized carbons (Fsp3) is 0.727. The van der Waals surface area contributed by atoms with Gasteiger partial charge in [0.2, 0.25) is 0 Å². The molecule has 1 unspecified atom stereocenters. The van der Waals surface area contributed by atoms with E-state index in [4.69, 9.17) is 0 Å². The summed E-state index contributed by atoms with van der Waals surface area (Å²) in [5.41, 5.74) is -0.799. The highest BCUT2D eigenvalue weighted by atomic mass is 32.2. The molecule has 0 fully saturated rings. The zero-order valence-electron chi connectivity index (χ0n) is 11.3. The predicted molar refractivity (Wildman–Crippen MR) is 81.4 cm³/mol. The summed E-state index contributed by atoms with van der Waals surface area (Å²) in [6, 6.07) is 0. The average molecular weight is 321 g/mol. The van der Waals surface area contributed by atoms with E-state index in [9.17, 15) is 9.90 Å². The third kappa shape index (κ3) is 4.62. The van der Waals surface area contributed by atoms with Gasteiger partial charge in [0.15, 0.2) is 8.68 Å². The Kier molecular flexibility index (Phi) is 7.12. The zero-order valence-corrected chi connectivity index (χ0v) is 13.8. The lowest BCUT2D eigenvalue weighted by atomic mass is 9.91. The number of likely N-dealkylation sites (N-methyl/N-ethyl adjacent to an activating group) is 1. The zero-order chi connectivity index (χ0) is 14.3. The molecular formula is C11H19N3O2S3. The number of hydrogen-bond donors (Lipinski definition) is 2. The van der Waals surface area contributed by atoms with Crippen molar-refractivity contribution >= 4 is 40.8 Å². The fourth-order valence-electron chi connectivity index (χ4n) is 1.72. The molecule has 19 heavy (non-hydrogen) atoms. The van der Waals surface area contributed by atoms with Gasteiger partial charge in [-0.2, -0.15) is 0 Å². The van der Waals surface area contributed by atoms with E-state index in [1.807, 2.05) is 13.2 Å². The van der Waals surface area contributed by atoms with Crippen LogP contribution in [0.25, 0.3) is 0 Å². The highest BCUT2D eigenvalue weighted by molar-refractivity contribution is 8.02. The van der Waals surface area contributed by atoms with Crippen molar-refractivity contribution in [3.8, 4) is 0 Å². The van der Waals surface area contributed by atoms with Crippen LogP contribution in [-0.2, 0) is 4.79 Å². The number of carboxylic acids is 1. The average Bonchev–Trinajstić information content (AvgIpc) is 2.87. The Bertz CT molecular complexity index is 408. The van der Waals surface area contributed by atoms with Gasteiger partial charge in [0.25, 0.3) is 0 Å². The van der Waals surface area contributed by atoms with E-state index in [2.05, 4.69) is 15.5 Å². The van der Waals surface area contributed by atoms with Crippen LogP contribution in [0.2, 0.25) is 0 Å². The summed E-state index contributed by atoms with van der Waals surface area (Å²) in [6.45, 7) is 1.90. The van der Waals surface area contributed by atoms with Gasteiger partial charge in [-0.05, 0) is 32.6 Å². The van der Waals surface area contributed by atoms with Gasteiger partial charge >= 0.3 is 5.97 Å². The number of aliphatic carboxylic acids is 1. The molecule has 0 amide bonds. The summed E-state index contributed by atoms with van der Waals surface area (Å²) >= 11 is 4.81. The number of nitrogens with zero attached hydrogens (tertiary/aromatic N) is 2. The molecule has 1 aromatic heterocycles. The summed E-state index contributed by atoms with van der Waals surface area (Å²) in [7, 11) is 1.71. The summed E-state index contributed by atoms with van der Waals surface area (Å²) in [5.74, 6) is 0.0859. The number of carbonyl (C=O) groups is 1. The third-order valence-corrected chi connectivity index (χ3v) is 6.15. The minimum absolute atomic E-state index is 0.582. The summed E-state index contributed by atoms with van der Waals surface area (Å²) in [4.78, 5) is 11.3. The third-order valence-electron chi connectivity index (χ3n) is 3.03. The number of thioether (sulfide) groups is 2. The molecule has 0 bridgehead atoms. The molecule has 0 spiro atoms. The van der Waals surface area contributed by atoms with E-state index < -0.39 is 11.5 Å². The van der Waals surface area contributed by atoms with Gasteiger partial charge < -0.3 is 10.4 Å². The van der Waals surface area contributed by atoms with E-state index in [0.29, 0.717) is 12.8 Å². The lowest BCUT2D eigenvalue weighted by Gasteiger charge is -2.27. The molecule has 0 saturated carbocycles. The van der Waals surface area contributed by atoms with Crippen molar-refractivity contribution in [1.29, 1.82) is 0 Å². The molecule has 1 aromatic rings. The van der Waals surface area contributed by atoms with E-state index in [-0.39, 0.29) is 0 Å². The van der Waals surface area contributed by atoms with Crippen molar-refractivity contribution in [3.63, 3.8) is 0 Å². The van der Waals surface area contributed by atoms with E-state index in [1.54, 1.807) is 41.9 Å². The van der Waals surface area contributed by atoms with Gasteiger partial charge in [0, 0.05) is 5.75 Å². The maximum absolute atomic E-state index is 11.3. The van der Waals surface area contributed by atoms with Crippen LogP contribution in [-0.4, -0.2) is 45.9 Å². The van der Waals surface area contributed by atoms with Crippen molar-refractivity contribution in [2.75, 3.05) is 19.1 Å². The largest absolute Gasteiger partial charge is 0.480 e. The molecule has 1 heterocycles. The lowest BCUT2D eigenvalue weighted by Crippen LogP contribution is -2.49. The molecule has 5 nitrogen and oxygen atoms in total. The van der Waals surface area contributed by atoms with E-state index >= 15 is 0 Å². The molecule has 1 rings (SSSR count). The van der Waals surface area contributed by atoms with Crippen LogP contribution < -0.4 is 5.32 Å². The SMILES string of the molecule is CCC(CCCSc1nnc(SC)s1)(NC)C(=O)O. The molecule has 0 aliphatic rings. The van der Waals surface area contributed by atoms with Crippen LogP contribution in [0.4, 0.5) is 0 Å². The van der Waals surface area contributed by atoms with Crippen molar-refractivity contribution in [3.05, 3.63) is 0 Å². The van der Waals surface area contributed by atoms with Gasteiger partial charge in [-0.15, -0.1) is 10.2 Å². The second kappa shape index (κ2) is 8.08. The maximum atomic E-state index is 11.3. The molecule has 8 heteroatoms. The number of carboxylic acid groups (broad SMARTS) is 1. The first-order valence-electron chi connectivity index (χ1n) is 6.00. The molecule has 0 radical (unpaired) electrons. The van der Waals surface area contributed by atoms with Gasteiger partial charge in [-0.1, -0.05) is 41.8 Å². The first-order chi connectivity index (χ1) is 9.07. The molecule has 2 N–H and O–H groups in total. The van der Waals surface area contributed by atoms with Crippen molar-refractivity contribution in [1.82, 2.24) is 15.5 Å². The second-order valence-corrected chi connectivity index (χ2v) is 7.35. The molecule has 1 atom stereocenters. The molecule has 0 aliphatic carbocycles. The lowest BCUT2D eigenvalue weighted by molar-refractivity contribution is -0.145. The van der Waals surface area contributed by atoms with E-state index in [0.717, 1.165) is 20.9 Å². The number of nitrogens with one attached hydrogen (secondary N) is 1. The Morgan fingerprint density at radius 1 is 1.47 bits per heavy atom. The smallest absolute Gasteiger partial charge is 0.323 e. The van der Waals surface area contributed by atoms with Crippen molar-refractivity contribution < 1.29 is 9.90 Å². The molecule has 108 valence electrons. The first-order valence-corrected chi connectivity index (χ1v) is 9.03. The van der Waals surface area contributed by atoms with Crippen molar-refractivity contribution in [2.45, 2.75) is 40.4 Å². The summed E-state index contributed by atoms with van der Waals surface area (Å²) in [5, 5.41) is 20.3. The van der Waals surface area contributed by atoms with Crippen LogP contribution in [0, 0.1) is 0 Å². The predicted octanol–water partition coefficient (Wildman–Crippen LogP) is 2.59. The van der Waals surface area contributed by atoms with Crippen LogP contribution in [0.5, 0.6) is 0 Å². The Morgan fingerprint density at radius 2 is 2.16 bits per heavy atom. The second-order valence-electron chi connectivity index (χ2n) is 3.98. The van der Waals surface area contributed by atoms with Gasteiger partial charge in [-0.3, -0.25) is 4.79 Å². The quantitative estimate of drug-likeness (QED) is 0.535. The Labute approximate surface area is 126 Å². The molecule has 0 aromatic carbocycles. The summed E-state index contributed by atoms with van der Waals surface area (Å²) < 4.78 is 1.91. The topological polar surface area (TPSA) is 75.1 Å². The fourth-order valence-corrected chi connectivity index (χ4v) is 4.16. The van der Waals surface area contributed by atoms with Crippen LogP contribution >= 0.6 is 34.9 Å². The van der Waals surface area contributed by atoms with E-state index in [1.165, 1.54) is 0 Å².